The van der Waals surface area contributed by atoms with E-state index in [-0.39, 0.29) is 5.41 Å². The van der Waals surface area contributed by atoms with Gasteiger partial charge < -0.3 is 5.32 Å². The minimum absolute atomic E-state index is 0.258. The molecule has 1 rings (SSSR count). The fourth-order valence-electron chi connectivity index (χ4n) is 2.24. The Balaban J connectivity index is 2.54. The first-order valence-corrected chi connectivity index (χ1v) is 8.31. The predicted octanol–water partition coefficient (Wildman–Crippen LogP) is 2.37. The van der Waals surface area contributed by atoms with Gasteiger partial charge in [-0.25, -0.2) is 8.42 Å². The molecule has 4 heteroatoms. The summed E-state index contributed by atoms with van der Waals surface area (Å²) in [5.74, 6) is 0.335. The molecule has 0 aromatic carbocycles. The molecule has 0 spiro atoms. The number of hydrogen-bond donors (Lipinski definition) is 1. The molecule has 0 amide bonds. The second kappa shape index (κ2) is 5.27. The van der Waals surface area contributed by atoms with E-state index >= 15 is 0 Å². The van der Waals surface area contributed by atoms with E-state index in [1.165, 1.54) is 19.3 Å². The minimum atomic E-state index is -2.96. The maximum atomic E-state index is 12.1. The Morgan fingerprint density at radius 3 is 2.18 bits per heavy atom. The highest BCUT2D eigenvalue weighted by Gasteiger charge is 2.39. The van der Waals surface area contributed by atoms with E-state index in [9.17, 15) is 8.42 Å². The van der Waals surface area contributed by atoms with Crippen molar-refractivity contribution in [2.75, 3.05) is 18.8 Å². The molecule has 0 saturated heterocycles. The van der Waals surface area contributed by atoms with E-state index in [1.54, 1.807) is 20.8 Å². The van der Waals surface area contributed by atoms with Gasteiger partial charge in [0.05, 0.1) is 10.5 Å². The Morgan fingerprint density at radius 1 is 1.24 bits per heavy atom. The second-order valence-corrected chi connectivity index (χ2v) is 9.18. The molecule has 102 valence electrons. The minimum Gasteiger partial charge on any atom is -0.316 e. The first kappa shape index (κ1) is 15.0. The predicted molar refractivity (Wildman–Crippen MR) is 73.0 cm³/mol. The van der Waals surface area contributed by atoms with Crippen molar-refractivity contribution in [3.8, 4) is 0 Å². The zero-order valence-corrected chi connectivity index (χ0v) is 12.5. The van der Waals surface area contributed by atoms with Crippen LogP contribution in [-0.4, -0.2) is 32.0 Å². The van der Waals surface area contributed by atoms with Gasteiger partial charge in [-0.3, -0.25) is 0 Å². The van der Waals surface area contributed by atoms with Crippen LogP contribution in [0.2, 0.25) is 0 Å². The third-order valence-electron chi connectivity index (χ3n) is 4.00. The lowest BCUT2D eigenvalue weighted by molar-refractivity contribution is 0.126. The summed E-state index contributed by atoms with van der Waals surface area (Å²) in [5, 5.41) is 3.37. The van der Waals surface area contributed by atoms with E-state index in [0.29, 0.717) is 5.75 Å². The fourth-order valence-corrected chi connectivity index (χ4v) is 3.55. The normalized spacial score (nSPS) is 20.0. The summed E-state index contributed by atoms with van der Waals surface area (Å²) in [6, 6.07) is 0. The van der Waals surface area contributed by atoms with E-state index in [1.807, 2.05) is 0 Å². The quantitative estimate of drug-likeness (QED) is 0.798. The van der Waals surface area contributed by atoms with Gasteiger partial charge >= 0.3 is 0 Å². The SMILES string of the molecule is CCNCC1(CCS(=O)(=O)C(C)(C)C)CCC1. The molecule has 0 heterocycles. The van der Waals surface area contributed by atoms with Crippen LogP contribution >= 0.6 is 0 Å². The van der Waals surface area contributed by atoms with Gasteiger partial charge in [0.1, 0.15) is 0 Å². The van der Waals surface area contributed by atoms with Crippen LogP contribution in [0.3, 0.4) is 0 Å². The van der Waals surface area contributed by atoms with Crippen LogP contribution in [0, 0.1) is 5.41 Å². The zero-order valence-electron chi connectivity index (χ0n) is 11.7. The number of rotatable bonds is 6. The average Bonchev–Trinajstić information content (AvgIpc) is 2.14. The highest BCUT2D eigenvalue weighted by molar-refractivity contribution is 7.92. The summed E-state index contributed by atoms with van der Waals surface area (Å²) in [6.07, 6.45) is 4.43. The fraction of sp³-hybridized carbons (Fsp3) is 1.00. The third kappa shape index (κ3) is 3.68. The monoisotopic (exact) mass is 261 g/mol. The number of sulfone groups is 1. The number of nitrogens with one attached hydrogen (secondary N) is 1. The van der Waals surface area contributed by atoms with E-state index in [0.717, 1.165) is 19.5 Å². The van der Waals surface area contributed by atoms with Crippen LogP contribution in [0.5, 0.6) is 0 Å². The maximum Gasteiger partial charge on any atom is 0.155 e. The first-order valence-electron chi connectivity index (χ1n) is 6.65. The lowest BCUT2D eigenvalue weighted by Gasteiger charge is -2.42. The van der Waals surface area contributed by atoms with Crippen molar-refractivity contribution in [2.24, 2.45) is 5.41 Å². The lowest BCUT2D eigenvalue weighted by Crippen LogP contribution is -2.42. The van der Waals surface area contributed by atoms with Gasteiger partial charge in [-0.15, -0.1) is 0 Å². The van der Waals surface area contributed by atoms with Gasteiger partial charge in [-0.1, -0.05) is 13.3 Å². The van der Waals surface area contributed by atoms with Gasteiger partial charge in [-0.05, 0) is 52.0 Å². The van der Waals surface area contributed by atoms with E-state index < -0.39 is 14.6 Å². The Bertz CT molecular complexity index is 337. The van der Waals surface area contributed by atoms with Crippen LogP contribution in [0.15, 0.2) is 0 Å². The molecule has 0 unspecified atom stereocenters. The van der Waals surface area contributed by atoms with Crippen LogP contribution in [-0.2, 0) is 9.84 Å². The highest BCUT2D eigenvalue weighted by Crippen LogP contribution is 2.44. The Hall–Kier alpha value is -0.0900. The van der Waals surface area contributed by atoms with E-state index in [2.05, 4.69) is 12.2 Å². The van der Waals surface area contributed by atoms with Crippen LogP contribution < -0.4 is 5.32 Å². The summed E-state index contributed by atoms with van der Waals surface area (Å²) in [6.45, 7) is 9.41. The van der Waals surface area contributed by atoms with Crippen LogP contribution in [0.25, 0.3) is 0 Å². The van der Waals surface area contributed by atoms with Crippen molar-refractivity contribution >= 4 is 9.84 Å². The molecule has 17 heavy (non-hydrogen) atoms. The topological polar surface area (TPSA) is 46.2 Å². The van der Waals surface area contributed by atoms with Crippen LogP contribution in [0.4, 0.5) is 0 Å². The standard InChI is InChI=1S/C13H27NO2S/c1-5-14-11-13(7-6-8-13)9-10-17(15,16)12(2,3)4/h14H,5-11H2,1-4H3. The Kier molecular flexibility index (Phi) is 4.64. The third-order valence-corrected chi connectivity index (χ3v) is 6.61. The van der Waals surface area contributed by atoms with Gasteiger partial charge in [-0.2, -0.15) is 0 Å². The van der Waals surface area contributed by atoms with Crippen molar-refractivity contribution in [3.63, 3.8) is 0 Å². The van der Waals surface area contributed by atoms with Crippen LogP contribution in [0.1, 0.15) is 53.4 Å². The molecule has 1 aliphatic carbocycles. The molecule has 3 nitrogen and oxygen atoms in total. The lowest BCUT2D eigenvalue weighted by atomic mass is 9.67. The first-order chi connectivity index (χ1) is 7.72. The summed E-state index contributed by atoms with van der Waals surface area (Å²) in [4.78, 5) is 0. The Labute approximate surface area is 106 Å². The van der Waals surface area contributed by atoms with Gasteiger partial charge in [0.15, 0.2) is 9.84 Å². The summed E-state index contributed by atoms with van der Waals surface area (Å²) >= 11 is 0. The molecule has 1 fully saturated rings. The van der Waals surface area contributed by atoms with Crippen molar-refractivity contribution in [2.45, 2.75) is 58.1 Å². The molecule has 0 aromatic rings. The molecular weight excluding hydrogens is 234 g/mol. The molecule has 1 N–H and O–H groups in total. The smallest absolute Gasteiger partial charge is 0.155 e. The molecule has 0 atom stereocenters. The second-order valence-electron chi connectivity index (χ2n) is 6.32. The summed E-state index contributed by atoms with van der Waals surface area (Å²) in [7, 11) is -2.96. The molecule has 0 bridgehead atoms. The zero-order chi connectivity index (χ0) is 13.2. The van der Waals surface area contributed by atoms with Crippen molar-refractivity contribution in [1.29, 1.82) is 0 Å². The molecular formula is C13H27NO2S. The molecule has 1 saturated carbocycles. The largest absolute Gasteiger partial charge is 0.316 e. The molecule has 0 radical (unpaired) electrons. The maximum absolute atomic E-state index is 12.1. The average molecular weight is 261 g/mol. The van der Waals surface area contributed by atoms with Crippen molar-refractivity contribution in [1.82, 2.24) is 5.32 Å². The Morgan fingerprint density at radius 2 is 1.82 bits per heavy atom. The van der Waals surface area contributed by atoms with Crippen molar-refractivity contribution < 1.29 is 8.42 Å². The molecule has 1 aliphatic rings. The molecule has 0 aromatic heterocycles. The summed E-state index contributed by atoms with van der Waals surface area (Å²) in [5.41, 5.74) is 0.258. The summed E-state index contributed by atoms with van der Waals surface area (Å²) < 4.78 is 23.6. The number of hydrogen-bond acceptors (Lipinski definition) is 3. The highest BCUT2D eigenvalue weighted by atomic mass is 32.2. The van der Waals surface area contributed by atoms with E-state index in [4.69, 9.17) is 0 Å². The molecule has 0 aliphatic heterocycles. The van der Waals surface area contributed by atoms with Gasteiger partial charge in [0, 0.05) is 6.54 Å². The van der Waals surface area contributed by atoms with Gasteiger partial charge in [0.2, 0.25) is 0 Å². The van der Waals surface area contributed by atoms with Crippen molar-refractivity contribution in [3.05, 3.63) is 0 Å². The van der Waals surface area contributed by atoms with Gasteiger partial charge in [0.25, 0.3) is 0 Å².